The Kier molecular flexibility index (Phi) is 6.26. The number of piperidine rings is 1. The van der Waals surface area contributed by atoms with Gasteiger partial charge in [0.05, 0.1) is 12.4 Å². The molecule has 0 amide bonds. The Balaban J connectivity index is 2.06. The van der Waals surface area contributed by atoms with Crippen molar-refractivity contribution in [1.82, 2.24) is 9.79 Å². The molecule has 16 heavy (non-hydrogen) atoms. The highest BCUT2D eigenvalue weighted by atomic mass is 32.2. The van der Waals surface area contributed by atoms with Crippen molar-refractivity contribution in [3.8, 4) is 0 Å². The molecule has 96 valence electrons. The number of nitrogens with zero attached hydrogens (tertiary/aromatic N) is 1. The van der Waals surface area contributed by atoms with Crippen LogP contribution in [0.3, 0.4) is 0 Å². The summed E-state index contributed by atoms with van der Waals surface area (Å²) in [6.07, 6.45) is 4.38. The fourth-order valence-corrected chi connectivity index (χ4v) is 2.68. The molecule has 1 aliphatic heterocycles. The normalized spacial score (nSPS) is 18.8. The molecule has 0 aliphatic carbocycles. The van der Waals surface area contributed by atoms with E-state index in [2.05, 4.69) is 9.79 Å². The zero-order valence-corrected chi connectivity index (χ0v) is 10.8. The van der Waals surface area contributed by atoms with Crippen LogP contribution in [0.15, 0.2) is 0 Å². The zero-order valence-electron chi connectivity index (χ0n) is 9.94. The van der Waals surface area contributed by atoms with Crippen molar-refractivity contribution in [1.29, 1.82) is 0 Å². The second kappa shape index (κ2) is 7.21. The summed E-state index contributed by atoms with van der Waals surface area (Å²) in [6.45, 7) is 5.25. The maximum absolute atomic E-state index is 11.2. The van der Waals surface area contributed by atoms with Gasteiger partial charge >= 0.3 is 0 Å². The maximum atomic E-state index is 11.2. The number of rotatable bonds is 7. The summed E-state index contributed by atoms with van der Waals surface area (Å²) in [4.78, 5) is 9.42. The highest BCUT2D eigenvalue weighted by Gasteiger charge is 2.11. The van der Waals surface area contributed by atoms with E-state index in [0.29, 0.717) is 13.0 Å². The molecule has 0 saturated carbocycles. The van der Waals surface area contributed by atoms with Crippen LogP contribution < -0.4 is 4.89 Å². The first-order valence-corrected chi connectivity index (χ1v) is 7.63. The van der Waals surface area contributed by atoms with Gasteiger partial charge in [-0.3, -0.25) is 4.84 Å². The minimum atomic E-state index is -3.23. The molecular weight excluding hydrogens is 228 g/mol. The van der Waals surface area contributed by atoms with E-state index in [1.165, 1.54) is 19.3 Å². The standard InChI is InChI=1S/C10H22N2O3S/c1-2-10-16(13,14)11-15-9-8-12-6-4-3-5-7-12/h11H,2-10H2,1H3. The van der Waals surface area contributed by atoms with Crippen molar-refractivity contribution in [3.63, 3.8) is 0 Å². The number of hydrogen-bond donors (Lipinski definition) is 1. The lowest BCUT2D eigenvalue weighted by Gasteiger charge is -2.25. The summed E-state index contributed by atoms with van der Waals surface area (Å²) in [6, 6.07) is 0. The Hall–Kier alpha value is -0.170. The summed E-state index contributed by atoms with van der Waals surface area (Å²) in [5.74, 6) is 0.122. The summed E-state index contributed by atoms with van der Waals surface area (Å²) >= 11 is 0. The van der Waals surface area contributed by atoms with Crippen molar-refractivity contribution in [2.45, 2.75) is 32.6 Å². The van der Waals surface area contributed by atoms with Crippen molar-refractivity contribution >= 4 is 10.0 Å². The molecule has 0 aromatic rings. The first-order chi connectivity index (χ1) is 7.64. The Morgan fingerprint density at radius 3 is 2.56 bits per heavy atom. The smallest absolute Gasteiger partial charge is 0.233 e. The fourth-order valence-electron chi connectivity index (χ4n) is 1.80. The Morgan fingerprint density at radius 2 is 1.94 bits per heavy atom. The lowest BCUT2D eigenvalue weighted by atomic mass is 10.1. The minimum Gasteiger partial charge on any atom is -0.301 e. The Bertz CT molecular complexity index is 274. The average molecular weight is 250 g/mol. The van der Waals surface area contributed by atoms with E-state index in [-0.39, 0.29) is 5.75 Å². The van der Waals surface area contributed by atoms with Crippen LogP contribution in [0.4, 0.5) is 0 Å². The zero-order chi connectivity index (χ0) is 11.9. The molecule has 0 spiro atoms. The Morgan fingerprint density at radius 1 is 1.25 bits per heavy atom. The van der Waals surface area contributed by atoms with Crippen molar-refractivity contribution in [3.05, 3.63) is 0 Å². The fraction of sp³-hybridized carbons (Fsp3) is 1.00. The van der Waals surface area contributed by atoms with E-state index in [4.69, 9.17) is 4.84 Å². The van der Waals surface area contributed by atoms with Gasteiger partial charge in [-0.25, -0.2) is 8.42 Å². The summed E-state index contributed by atoms with van der Waals surface area (Å²) in [5, 5.41) is 0. The molecule has 1 fully saturated rings. The highest BCUT2D eigenvalue weighted by Crippen LogP contribution is 2.07. The number of hydrogen-bond acceptors (Lipinski definition) is 4. The largest absolute Gasteiger partial charge is 0.301 e. The Labute approximate surface area is 98.2 Å². The molecule has 0 radical (unpaired) electrons. The molecule has 1 N–H and O–H groups in total. The van der Waals surface area contributed by atoms with Crippen LogP contribution in [0.2, 0.25) is 0 Å². The predicted molar refractivity (Wildman–Crippen MR) is 63.5 cm³/mol. The van der Waals surface area contributed by atoms with Crippen molar-refractivity contribution < 1.29 is 13.3 Å². The number of likely N-dealkylation sites (tertiary alicyclic amines) is 1. The van der Waals surface area contributed by atoms with Gasteiger partial charge in [-0.2, -0.15) is 0 Å². The molecule has 0 bridgehead atoms. The monoisotopic (exact) mass is 250 g/mol. The van der Waals surface area contributed by atoms with Gasteiger partial charge in [0.2, 0.25) is 10.0 Å². The van der Waals surface area contributed by atoms with Gasteiger partial charge in [0, 0.05) is 6.54 Å². The quantitative estimate of drug-likeness (QED) is 0.534. The third-order valence-corrected chi connectivity index (χ3v) is 3.93. The number of sulfonamides is 1. The van der Waals surface area contributed by atoms with E-state index in [0.717, 1.165) is 19.6 Å². The van der Waals surface area contributed by atoms with Gasteiger partial charge in [-0.05, 0) is 32.4 Å². The molecule has 0 atom stereocenters. The summed E-state index contributed by atoms with van der Waals surface area (Å²) < 4.78 is 22.5. The molecule has 0 aromatic carbocycles. The molecule has 1 heterocycles. The summed E-state index contributed by atoms with van der Waals surface area (Å²) in [7, 11) is -3.23. The van der Waals surface area contributed by atoms with Crippen LogP contribution in [0.5, 0.6) is 0 Å². The van der Waals surface area contributed by atoms with Crippen LogP contribution >= 0.6 is 0 Å². The van der Waals surface area contributed by atoms with Crippen LogP contribution in [-0.2, 0) is 14.9 Å². The first kappa shape index (κ1) is 13.9. The van der Waals surface area contributed by atoms with E-state index in [1.54, 1.807) is 0 Å². The van der Waals surface area contributed by atoms with Crippen LogP contribution in [0.1, 0.15) is 32.6 Å². The van der Waals surface area contributed by atoms with Crippen molar-refractivity contribution in [2.75, 3.05) is 32.0 Å². The average Bonchev–Trinajstić information content (AvgIpc) is 2.26. The van der Waals surface area contributed by atoms with Crippen LogP contribution in [0, 0.1) is 0 Å². The molecule has 0 aromatic heterocycles. The van der Waals surface area contributed by atoms with E-state index < -0.39 is 10.0 Å². The molecule has 5 nitrogen and oxygen atoms in total. The van der Waals surface area contributed by atoms with Crippen molar-refractivity contribution in [2.24, 2.45) is 0 Å². The van der Waals surface area contributed by atoms with Crippen LogP contribution in [-0.4, -0.2) is 45.3 Å². The first-order valence-electron chi connectivity index (χ1n) is 5.97. The van der Waals surface area contributed by atoms with E-state index in [1.807, 2.05) is 6.92 Å². The second-order valence-corrected chi connectivity index (χ2v) is 5.96. The van der Waals surface area contributed by atoms with Gasteiger partial charge in [0.25, 0.3) is 0 Å². The molecule has 1 rings (SSSR count). The van der Waals surface area contributed by atoms with Gasteiger partial charge in [0.1, 0.15) is 0 Å². The highest BCUT2D eigenvalue weighted by molar-refractivity contribution is 7.89. The van der Waals surface area contributed by atoms with Gasteiger partial charge in [-0.15, -0.1) is 0 Å². The van der Waals surface area contributed by atoms with Gasteiger partial charge in [-0.1, -0.05) is 18.2 Å². The minimum absolute atomic E-state index is 0.122. The van der Waals surface area contributed by atoms with E-state index in [9.17, 15) is 8.42 Å². The second-order valence-electron chi connectivity index (χ2n) is 4.15. The molecular formula is C10H22N2O3S. The summed E-state index contributed by atoms with van der Waals surface area (Å²) in [5.41, 5.74) is 0. The number of nitrogens with one attached hydrogen (secondary N) is 1. The lowest BCUT2D eigenvalue weighted by Crippen LogP contribution is -2.35. The van der Waals surface area contributed by atoms with E-state index >= 15 is 0 Å². The maximum Gasteiger partial charge on any atom is 0.233 e. The predicted octanol–water partition coefficient (Wildman–Crippen LogP) is 0.733. The lowest BCUT2D eigenvalue weighted by molar-refractivity contribution is 0.0656. The third-order valence-electron chi connectivity index (χ3n) is 2.62. The molecule has 1 saturated heterocycles. The van der Waals surface area contributed by atoms with Gasteiger partial charge in [0.15, 0.2) is 0 Å². The SMILES string of the molecule is CCCS(=O)(=O)NOCCN1CCCCC1. The third kappa shape index (κ3) is 5.79. The molecule has 6 heteroatoms. The van der Waals surface area contributed by atoms with Gasteiger partial charge < -0.3 is 4.90 Å². The topological polar surface area (TPSA) is 58.6 Å². The molecule has 1 aliphatic rings. The molecule has 0 unspecified atom stereocenters. The van der Waals surface area contributed by atoms with Crippen LogP contribution in [0.25, 0.3) is 0 Å².